The van der Waals surface area contributed by atoms with Crippen LogP contribution in [0.4, 0.5) is 0 Å². The predicted molar refractivity (Wildman–Crippen MR) is 101 cm³/mol. The van der Waals surface area contributed by atoms with E-state index in [0.29, 0.717) is 30.7 Å². The Hall–Kier alpha value is -2.42. The topological polar surface area (TPSA) is 148 Å². The maximum atomic E-state index is 13.1. The van der Waals surface area contributed by atoms with Crippen molar-refractivity contribution < 1.29 is 24.0 Å². The van der Waals surface area contributed by atoms with E-state index in [1.54, 1.807) is 6.92 Å². The predicted octanol–water partition coefficient (Wildman–Crippen LogP) is 0.605. The number of piperidine rings is 1. The molecule has 9 heteroatoms. The number of primary amides is 1. The van der Waals surface area contributed by atoms with Crippen LogP contribution in [0.15, 0.2) is 4.52 Å². The number of aliphatic hydroxyl groups excluding tert-OH is 1. The molecule has 0 aromatic carbocycles. The molecule has 1 fully saturated rings. The molecule has 3 atom stereocenters. The lowest BCUT2D eigenvalue weighted by atomic mass is 9.87. The van der Waals surface area contributed by atoms with Crippen LogP contribution in [0.1, 0.15) is 67.3 Å². The highest BCUT2D eigenvalue weighted by atomic mass is 16.5. The monoisotopic (exact) mass is 394 g/mol. The standard InChI is InChI=1S/C19H30N4O5/c1-10(2)7-14(15-11(3)28-23-16(15)17(20)25)19(27)22-13(9-24)8-12-5-4-6-21-18(12)26/h10,12-14,24H,4-9H2,1-3H3,(H2,20,25)(H,21,26)(H,22,27)/t12-,13-,14-/m0/s1. The van der Waals surface area contributed by atoms with Gasteiger partial charge in [0.1, 0.15) is 5.76 Å². The van der Waals surface area contributed by atoms with Crippen molar-refractivity contribution in [3.63, 3.8) is 0 Å². The summed E-state index contributed by atoms with van der Waals surface area (Å²) in [5.41, 5.74) is 5.72. The van der Waals surface area contributed by atoms with Crippen molar-refractivity contribution in [3.05, 3.63) is 17.0 Å². The molecule has 2 rings (SSSR count). The summed E-state index contributed by atoms with van der Waals surface area (Å²) in [5, 5.41) is 19.1. The zero-order valence-corrected chi connectivity index (χ0v) is 16.7. The molecular weight excluding hydrogens is 364 g/mol. The minimum Gasteiger partial charge on any atom is -0.394 e. The second-order valence-electron chi connectivity index (χ2n) is 7.80. The van der Waals surface area contributed by atoms with Crippen molar-refractivity contribution in [2.24, 2.45) is 17.6 Å². The van der Waals surface area contributed by atoms with Crippen molar-refractivity contribution >= 4 is 17.7 Å². The zero-order valence-electron chi connectivity index (χ0n) is 16.7. The molecule has 0 radical (unpaired) electrons. The minimum atomic E-state index is -0.758. The van der Waals surface area contributed by atoms with Crippen molar-refractivity contribution in [3.8, 4) is 0 Å². The summed E-state index contributed by atoms with van der Waals surface area (Å²) in [4.78, 5) is 36.7. The number of aliphatic hydroxyl groups is 1. The van der Waals surface area contributed by atoms with Gasteiger partial charge in [-0.05, 0) is 38.5 Å². The number of nitrogens with zero attached hydrogens (tertiary/aromatic N) is 1. The molecule has 9 nitrogen and oxygen atoms in total. The Morgan fingerprint density at radius 3 is 2.71 bits per heavy atom. The third-order valence-corrected chi connectivity index (χ3v) is 5.05. The molecule has 1 aromatic rings. The van der Waals surface area contributed by atoms with Gasteiger partial charge in [0.25, 0.3) is 5.91 Å². The molecule has 0 unspecified atom stereocenters. The summed E-state index contributed by atoms with van der Waals surface area (Å²) in [7, 11) is 0. The first-order chi connectivity index (χ1) is 13.2. The third-order valence-electron chi connectivity index (χ3n) is 5.05. The van der Waals surface area contributed by atoms with Crippen molar-refractivity contribution in [1.29, 1.82) is 0 Å². The van der Waals surface area contributed by atoms with Crippen LogP contribution < -0.4 is 16.4 Å². The Morgan fingerprint density at radius 1 is 1.43 bits per heavy atom. The molecule has 28 heavy (non-hydrogen) atoms. The Labute approximate surface area is 164 Å². The van der Waals surface area contributed by atoms with Crippen LogP contribution in [-0.4, -0.2) is 47.2 Å². The molecule has 0 bridgehead atoms. The average Bonchev–Trinajstić information content (AvgIpc) is 3.02. The number of aromatic nitrogens is 1. The highest BCUT2D eigenvalue weighted by molar-refractivity contribution is 5.95. The molecule has 1 aliphatic rings. The van der Waals surface area contributed by atoms with E-state index in [0.717, 1.165) is 12.8 Å². The van der Waals surface area contributed by atoms with Gasteiger partial charge in [-0.1, -0.05) is 19.0 Å². The number of aryl methyl sites for hydroxylation is 1. The SMILES string of the molecule is Cc1onc(C(N)=O)c1[C@H](CC(C)C)C(=O)N[C@H](CO)C[C@@H]1CCCNC1=O. The van der Waals surface area contributed by atoms with E-state index in [-0.39, 0.29) is 36.0 Å². The van der Waals surface area contributed by atoms with Gasteiger partial charge in [0.2, 0.25) is 11.8 Å². The third kappa shape index (κ3) is 5.31. The first-order valence-corrected chi connectivity index (χ1v) is 9.69. The van der Waals surface area contributed by atoms with Gasteiger partial charge >= 0.3 is 0 Å². The van der Waals surface area contributed by atoms with Crippen molar-refractivity contribution in [1.82, 2.24) is 15.8 Å². The quantitative estimate of drug-likeness (QED) is 0.482. The number of hydrogen-bond acceptors (Lipinski definition) is 6. The van der Waals surface area contributed by atoms with Gasteiger partial charge in [-0.15, -0.1) is 0 Å². The fraction of sp³-hybridized carbons (Fsp3) is 0.684. The molecule has 1 aliphatic heterocycles. The Kier molecular flexibility index (Phi) is 7.56. The average molecular weight is 394 g/mol. The molecule has 0 spiro atoms. The summed E-state index contributed by atoms with van der Waals surface area (Å²) < 4.78 is 5.10. The van der Waals surface area contributed by atoms with Gasteiger partial charge in [0.05, 0.1) is 18.6 Å². The molecule has 0 aliphatic carbocycles. The molecule has 3 amide bonds. The number of carbonyl (C=O) groups is 3. The molecule has 0 saturated carbocycles. The number of amides is 3. The minimum absolute atomic E-state index is 0.0505. The van der Waals surface area contributed by atoms with Gasteiger partial charge < -0.3 is 26.0 Å². The molecule has 2 heterocycles. The number of nitrogens with one attached hydrogen (secondary N) is 2. The Morgan fingerprint density at radius 2 is 2.14 bits per heavy atom. The van der Waals surface area contributed by atoms with Crippen LogP contribution in [0.5, 0.6) is 0 Å². The summed E-state index contributed by atoms with van der Waals surface area (Å²) in [6, 6.07) is -0.562. The van der Waals surface area contributed by atoms with E-state index >= 15 is 0 Å². The van der Waals surface area contributed by atoms with Gasteiger partial charge in [-0.25, -0.2) is 0 Å². The summed E-state index contributed by atoms with van der Waals surface area (Å²) >= 11 is 0. The van der Waals surface area contributed by atoms with E-state index in [1.165, 1.54) is 0 Å². The fourth-order valence-corrected chi connectivity index (χ4v) is 3.68. The second-order valence-corrected chi connectivity index (χ2v) is 7.80. The Balaban J connectivity index is 2.19. The highest BCUT2D eigenvalue weighted by Crippen LogP contribution is 2.30. The lowest BCUT2D eigenvalue weighted by Crippen LogP contribution is -2.45. The first kappa shape index (κ1) is 21.9. The molecular formula is C19H30N4O5. The maximum Gasteiger partial charge on any atom is 0.271 e. The number of nitrogens with two attached hydrogens (primary N) is 1. The first-order valence-electron chi connectivity index (χ1n) is 9.69. The molecule has 1 saturated heterocycles. The summed E-state index contributed by atoms with van der Waals surface area (Å²) in [6.45, 7) is 5.93. The summed E-state index contributed by atoms with van der Waals surface area (Å²) in [5.74, 6) is -1.58. The van der Waals surface area contributed by atoms with Crippen LogP contribution in [0.2, 0.25) is 0 Å². The van der Waals surface area contributed by atoms with Crippen molar-refractivity contribution in [2.45, 2.75) is 58.4 Å². The van der Waals surface area contributed by atoms with E-state index in [4.69, 9.17) is 10.3 Å². The van der Waals surface area contributed by atoms with Crippen molar-refractivity contribution in [2.75, 3.05) is 13.2 Å². The highest BCUT2D eigenvalue weighted by Gasteiger charge is 2.33. The zero-order chi connectivity index (χ0) is 20.8. The summed E-state index contributed by atoms with van der Waals surface area (Å²) in [6.07, 6.45) is 2.41. The molecule has 156 valence electrons. The normalized spacial score (nSPS) is 19.2. The van der Waals surface area contributed by atoms with Crippen LogP contribution in [-0.2, 0) is 9.59 Å². The smallest absolute Gasteiger partial charge is 0.271 e. The van der Waals surface area contributed by atoms with E-state index in [2.05, 4.69) is 15.8 Å². The van der Waals surface area contributed by atoms with Gasteiger partial charge in [0, 0.05) is 18.0 Å². The number of hydrogen-bond donors (Lipinski definition) is 4. The van der Waals surface area contributed by atoms with Gasteiger partial charge in [-0.3, -0.25) is 14.4 Å². The molecule has 1 aromatic heterocycles. The fourth-order valence-electron chi connectivity index (χ4n) is 3.68. The van der Waals surface area contributed by atoms with Gasteiger partial charge in [-0.2, -0.15) is 0 Å². The molecule has 5 N–H and O–H groups in total. The van der Waals surface area contributed by atoms with Crippen LogP contribution in [0.25, 0.3) is 0 Å². The van der Waals surface area contributed by atoms with Gasteiger partial charge in [0.15, 0.2) is 5.69 Å². The lowest BCUT2D eigenvalue weighted by Gasteiger charge is -2.27. The van der Waals surface area contributed by atoms with E-state index in [1.807, 2.05) is 13.8 Å². The van der Waals surface area contributed by atoms with Crippen LogP contribution in [0, 0.1) is 18.8 Å². The van der Waals surface area contributed by atoms with E-state index < -0.39 is 17.9 Å². The van der Waals surface area contributed by atoms with Crippen LogP contribution >= 0.6 is 0 Å². The van der Waals surface area contributed by atoms with Crippen LogP contribution in [0.3, 0.4) is 0 Å². The number of rotatable bonds is 9. The largest absolute Gasteiger partial charge is 0.394 e. The number of carbonyl (C=O) groups excluding carboxylic acids is 3. The second kappa shape index (κ2) is 9.68. The van der Waals surface area contributed by atoms with E-state index in [9.17, 15) is 19.5 Å². The Bertz CT molecular complexity index is 715. The lowest BCUT2D eigenvalue weighted by molar-refractivity contribution is -0.128. The maximum absolute atomic E-state index is 13.1.